The molecular weight excluding hydrogens is 757 g/mol. The summed E-state index contributed by atoms with van der Waals surface area (Å²) in [5, 5.41) is 0. The normalized spacial score (nSPS) is 12.4. The largest absolute Gasteiger partial charge is 0.462 e. The molecule has 0 rings (SSSR count). The first-order valence-corrected chi connectivity index (χ1v) is 26.1. The van der Waals surface area contributed by atoms with Crippen molar-refractivity contribution in [1.82, 2.24) is 0 Å². The highest BCUT2D eigenvalue weighted by molar-refractivity contribution is 5.71. The van der Waals surface area contributed by atoms with Crippen LogP contribution in [-0.2, 0) is 28.6 Å². The second-order valence-corrected chi connectivity index (χ2v) is 17.4. The maximum absolute atomic E-state index is 12.8. The van der Waals surface area contributed by atoms with Crippen LogP contribution in [0, 0.1) is 0 Å². The minimum absolute atomic E-state index is 0.0851. The van der Waals surface area contributed by atoms with Gasteiger partial charge in [0.25, 0.3) is 0 Å². The van der Waals surface area contributed by atoms with E-state index in [4.69, 9.17) is 14.2 Å². The van der Waals surface area contributed by atoms with Crippen molar-refractivity contribution in [1.29, 1.82) is 0 Å². The Morgan fingerprint density at radius 3 is 0.951 bits per heavy atom. The Morgan fingerprint density at radius 2 is 0.590 bits per heavy atom. The Labute approximate surface area is 378 Å². The van der Waals surface area contributed by atoms with Crippen LogP contribution in [0.4, 0.5) is 0 Å². The summed E-state index contributed by atoms with van der Waals surface area (Å²) in [6.45, 7) is 6.57. The van der Waals surface area contributed by atoms with Gasteiger partial charge in [-0.2, -0.15) is 0 Å². The van der Waals surface area contributed by atoms with Crippen LogP contribution >= 0.6 is 0 Å². The van der Waals surface area contributed by atoms with Gasteiger partial charge in [-0.3, -0.25) is 14.4 Å². The molecule has 0 aliphatic carbocycles. The molecule has 0 aromatic rings. The van der Waals surface area contributed by atoms with E-state index >= 15 is 0 Å². The van der Waals surface area contributed by atoms with Crippen molar-refractivity contribution in [2.75, 3.05) is 13.2 Å². The molecule has 0 heterocycles. The highest BCUT2D eigenvalue weighted by Crippen LogP contribution is 2.14. The van der Waals surface area contributed by atoms with Crippen LogP contribution < -0.4 is 0 Å². The molecule has 0 aromatic heterocycles. The maximum atomic E-state index is 12.8. The number of unbranched alkanes of at least 4 members (excludes halogenated alkanes) is 28. The summed E-state index contributed by atoms with van der Waals surface area (Å²) in [6.07, 6.45) is 59.4. The second kappa shape index (κ2) is 50.0. The van der Waals surface area contributed by atoms with Crippen LogP contribution in [0.3, 0.4) is 0 Å². The topological polar surface area (TPSA) is 78.9 Å². The molecule has 0 aromatic carbocycles. The van der Waals surface area contributed by atoms with Crippen molar-refractivity contribution in [3.8, 4) is 0 Å². The molecule has 354 valence electrons. The molecule has 0 amide bonds. The predicted octanol–water partition coefficient (Wildman–Crippen LogP) is 17.1. The van der Waals surface area contributed by atoms with E-state index in [1.165, 1.54) is 128 Å². The molecule has 1 atom stereocenters. The van der Waals surface area contributed by atoms with Gasteiger partial charge in [-0.25, -0.2) is 0 Å². The second-order valence-electron chi connectivity index (χ2n) is 17.4. The number of allylic oxidation sites excluding steroid dienone is 8. The molecule has 0 radical (unpaired) electrons. The highest BCUT2D eigenvalue weighted by atomic mass is 16.6. The SMILES string of the molecule is CCCCC/C=C\C/C=C\CCCCCCCC(=O)OC(COC(=O)CCCCCCC/C=C\CCCCC)COC(=O)CCCCCCC/C=C\CCCCCCCCC. The molecule has 0 fully saturated rings. The van der Waals surface area contributed by atoms with Crippen LogP contribution in [-0.4, -0.2) is 37.2 Å². The van der Waals surface area contributed by atoms with E-state index in [1.807, 2.05) is 0 Å². The lowest BCUT2D eigenvalue weighted by Gasteiger charge is -2.18. The molecule has 6 heteroatoms. The summed E-state index contributed by atoms with van der Waals surface area (Å²) in [5.74, 6) is -0.910. The predicted molar refractivity (Wildman–Crippen MR) is 261 cm³/mol. The molecule has 0 saturated carbocycles. The van der Waals surface area contributed by atoms with E-state index < -0.39 is 6.10 Å². The van der Waals surface area contributed by atoms with Gasteiger partial charge in [0.2, 0.25) is 0 Å². The van der Waals surface area contributed by atoms with Gasteiger partial charge >= 0.3 is 17.9 Å². The molecule has 0 spiro atoms. The van der Waals surface area contributed by atoms with Crippen LogP contribution in [0.25, 0.3) is 0 Å². The summed E-state index contributed by atoms with van der Waals surface area (Å²) >= 11 is 0. The number of esters is 3. The van der Waals surface area contributed by atoms with Crippen LogP contribution in [0.15, 0.2) is 48.6 Å². The number of carbonyl (C=O) groups is 3. The number of carbonyl (C=O) groups excluding carboxylic acids is 3. The summed E-state index contributed by atoms with van der Waals surface area (Å²) < 4.78 is 16.8. The fraction of sp³-hybridized carbons (Fsp3) is 0.800. The lowest BCUT2D eigenvalue weighted by atomic mass is 10.1. The molecular formula is C55H98O6. The fourth-order valence-corrected chi connectivity index (χ4v) is 7.28. The standard InChI is InChI=1S/C55H98O6/c1-4-7-10-13-16-19-22-25-27-29-30-33-36-39-42-45-48-54(57)60-51-52(50-59-53(56)47-44-41-38-35-32-24-21-18-15-12-9-6-3)61-55(58)49-46-43-40-37-34-31-28-26-23-20-17-14-11-8-5-2/h17-18,20-21,26-29,52H,4-16,19,22-25,30-51H2,1-3H3/b20-17-,21-18-,28-26-,29-27-. The third-order valence-corrected chi connectivity index (χ3v) is 11.3. The monoisotopic (exact) mass is 855 g/mol. The van der Waals surface area contributed by atoms with E-state index in [-0.39, 0.29) is 31.1 Å². The van der Waals surface area contributed by atoms with E-state index in [0.717, 1.165) is 96.3 Å². The van der Waals surface area contributed by atoms with E-state index in [1.54, 1.807) is 0 Å². The lowest BCUT2D eigenvalue weighted by Crippen LogP contribution is -2.30. The average molecular weight is 855 g/mol. The highest BCUT2D eigenvalue weighted by Gasteiger charge is 2.19. The van der Waals surface area contributed by atoms with Gasteiger partial charge in [-0.1, -0.05) is 191 Å². The van der Waals surface area contributed by atoms with Gasteiger partial charge in [0.05, 0.1) is 0 Å². The summed E-state index contributed by atoms with van der Waals surface area (Å²) in [4.78, 5) is 38.0. The number of rotatable bonds is 47. The van der Waals surface area contributed by atoms with Gasteiger partial charge < -0.3 is 14.2 Å². The van der Waals surface area contributed by atoms with E-state index in [9.17, 15) is 14.4 Å². The molecule has 0 aliphatic heterocycles. The zero-order valence-electron chi connectivity index (χ0n) is 40.4. The smallest absolute Gasteiger partial charge is 0.306 e. The van der Waals surface area contributed by atoms with E-state index in [0.29, 0.717) is 19.3 Å². The van der Waals surface area contributed by atoms with Gasteiger partial charge in [0.1, 0.15) is 13.2 Å². The number of hydrogen-bond donors (Lipinski definition) is 0. The molecule has 0 N–H and O–H groups in total. The molecule has 0 aliphatic rings. The molecule has 61 heavy (non-hydrogen) atoms. The zero-order chi connectivity index (χ0) is 44.4. The van der Waals surface area contributed by atoms with Crippen molar-refractivity contribution in [2.24, 2.45) is 0 Å². The van der Waals surface area contributed by atoms with Gasteiger partial charge in [-0.15, -0.1) is 0 Å². The molecule has 6 nitrogen and oxygen atoms in total. The summed E-state index contributed by atoms with van der Waals surface area (Å²) in [5.41, 5.74) is 0. The van der Waals surface area contributed by atoms with Crippen LogP contribution in [0.1, 0.15) is 265 Å². The number of hydrogen-bond acceptors (Lipinski definition) is 6. The van der Waals surface area contributed by atoms with Crippen molar-refractivity contribution in [2.45, 2.75) is 271 Å². The quantitative estimate of drug-likeness (QED) is 0.0263. The van der Waals surface area contributed by atoms with Crippen molar-refractivity contribution in [3.05, 3.63) is 48.6 Å². The Balaban J connectivity index is 4.40. The summed E-state index contributed by atoms with van der Waals surface area (Å²) in [7, 11) is 0. The third kappa shape index (κ3) is 48.3. The minimum atomic E-state index is -0.785. The molecule has 0 saturated heterocycles. The van der Waals surface area contributed by atoms with Gasteiger partial charge in [0.15, 0.2) is 6.10 Å². The minimum Gasteiger partial charge on any atom is -0.462 e. The van der Waals surface area contributed by atoms with Crippen molar-refractivity contribution >= 4 is 17.9 Å². The molecule has 1 unspecified atom stereocenters. The zero-order valence-corrected chi connectivity index (χ0v) is 40.4. The van der Waals surface area contributed by atoms with Crippen LogP contribution in [0.5, 0.6) is 0 Å². The maximum Gasteiger partial charge on any atom is 0.306 e. The first-order chi connectivity index (χ1) is 30.0. The Morgan fingerprint density at radius 1 is 0.328 bits per heavy atom. The summed E-state index contributed by atoms with van der Waals surface area (Å²) in [6, 6.07) is 0. The first kappa shape index (κ1) is 58.4. The molecule has 0 bridgehead atoms. The fourth-order valence-electron chi connectivity index (χ4n) is 7.28. The Hall–Kier alpha value is -2.63. The van der Waals surface area contributed by atoms with Gasteiger partial charge in [-0.05, 0) is 103 Å². The van der Waals surface area contributed by atoms with Crippen molar-refractivity contribution < 1.29 is 28.6 Å². The lowest BCUT2D eigenvalue weighted by molar-refractivity contribution is -0.167. The Bertz CT molecular complexity index is 1070. The van der Waals surface area contributed by atoms with E-state index in [2.05, 4.69) is 69.4 Å². The first-order valence-electron chi connectivity index (χ1n) is 26.1. The average Bonchev–Trinajstić information content (AvgIpc) is 3.26. The third-order valence-electron chi connectivity index (χ3n) is 11.3. The van der Waals surface area contributed by atoms with Crippen LogP contribution in [0.2, 0.25) is 0 Å². The Kier molecular flexibility index (Phi) is 47.9. The number of ether oxygens (including phenoxy) is 3. The van der Waals surface area contributed by atoms with Crippen molar-refractivity contribution in [3.63, 3.8) is 0 Å². The van der Waals surface area contributed by atoms with Gasteiger partial charge in [0, 0.05) is 19.3 Å².